The van der Waals surface area contributed by atoms with E-state index in [1.807, 2.05) is 4.68 Å². The molecule has 0 bridgehead atoms. The van der Waals surface area contributed by atoms with Crippen LogP contribution in [0.1, 0.15) is 6.42 Å². The molecule has 0 spiro atoms. The molecule has 0 aromatic carbocycles. The average molecular weight is 245 g/mol. The summed E-state index contributed by atoms with van der Waals surface area (Å²) in [6, 6.07) is 0. The minimum Gasteiger partial charge on any atom is -0.309 e. The molecular weight excluding hydrogens is 230 g/mol. The van der Waals surface area contributed by atoms with Gasteiger partial charge >= 0.3 is 0 Å². The number of tetrazole rings is 1. The summed E-state index contributed by atoms with van der Waals surface area (Å²) in [6.07, 6.45) is 1.04. The predicted molar refractivity (Wildman–Crippen MR) is 65.4 cm³/mol. The van der Waals surface area contributed by atoms with Gasteiger partial charge in [-0.25, -0.2) is 4.68 Å². The van der Waals surface area contributed by atoms with Crippen LogP contribution in [0.3, 0.4) is 0 Å². The highest BCUT2D eigenvalue weighted by molar-refractivity contribution is 8.00. The Morgan fingerprint density at radius 3 is 3.00 bits per heavy atom. The molecule has 84 valence electrons. The molecule has 1 aromatic rings. The summed E-state index contributed by atoms with van der Waals surface area (Å²) in [5.74, 6) is 0.767. The van der Waals surface area contributed by atoms with Gasteiger partial charge in [0, 0.05) is 12.3 Å². The molecule has 1 aromatic heterocycles. The Hall–Kier alpha value is -0.530. The first-order chi connectivity index (χ1) is 7.24. The van der Waals surface area contributed by atoms with Crippen molar-refractivity contribution in [3.63, 3.8) is 0 Å². The van der Waals surface area contributed by atoms with Crippen LogP contribution in [-0.2, 0) is 6.54 Å². The monoisotopic (exact) mass is 245 g/mol. The highest BCUT2D eigenvalue weighted by Gasteiger charge is 2.05. The molecule has 5 nitrogen and oxygen atoms in total. The molecule has 0 radical (unpaired) electrons. The van der Waals surface area contributed by atoms with Crippen LogP contribution in [0.15, 0.2) is 5.16 Å². The van der Waals surface area contributed by atoms with Crippen molar-refractivity contribution in [1.29, 1.82) is 0 Å². The third kappa shape index (κ3) is 4.67. The Kier molecular flexibility index (Phi) is 5.74. The molecule has 0 aliphatic carbocycles. The van der Waals surface area contributed by atoms with E-state index in [1.54, 1.807) is 17.1 Å². The maximum atomic E-state index is 4.76. The van der Waals surface area contributed by atoms with Crippen molar-refractivity contribution in [2.45, 2.75) is 18.1 Å². The molecule has 0 atom stereocenters. The van der Waals surface area contributed by atoms with Crippen molar-refractivity contribution in [3.8, 4) is 0 Å². The number of hydrogen-bond donors (Lipinski definition) is 0. The van der Waals surface area contributed by atoms with Crippen LogP contribution in [0, 0.1) is 0 Å². The van der Waals surface area contributed by atoms with Gasteiger partial charge in [-0.2, -0.15) is 0 Å². The van der Waals surface area contributed by atoms with Crippen LogP contribution in [0.5, 0.6) is 0 Å². The zero-order chi connectivity index (χ0) is 11.1. The van der Waals surface area contributed by atoms with Crippen molar-refractivity contribution in [3.05, 3.63) is 0 Å². The average Bonchev–Trinajstić information content (AvgIpc) is 2.62. The number of thiocarbonyl (C=S) groups is 1. The van der Waals surface area contributed by atoms with Gasteiger partial charge < -0.3 is 4.90 Å². The molecule has 0 saturated carbocycles. The van der Waals surface area contributed by atoms with E-state index in [0.717, 1.165) is 30.4 Å². The third-order valence-electron chi connectivity index (χ3n) is 1.75. The van der Waals surface area contributed by atoms with Crippen molar-refractivity contribution in [2.24, 2.45) is 0 Å². The molecule has 0 aliphatic rings. The SMILES string of the molecule is CN(C)CCCn1nnnc1SCC=S. The van der Waals surface area contributed by atoms with Gasteiger partial charge in [0.1, 0.15) is 0 Å². The highest BCUT2D eigenvalue weighted by Crippen LogP contribution is 2.12. The van der Waals surface area contributed by atoms with E-state index in [4.69, 9.17) is 12.2 Å². The summed E-state index contributed by atoms with van der Waals surface area (Å²) in [7, 11) is 4.11. The normalized spacial score (nSPS) is 10.9. The van der Waals surface area contributed by atoms with E-state index < -0.39 is 0 Å². The number of aromatic nitrogens is 4. The van der Waals surface area contributed by atoms with Gasteiger partial charge in [0.25, 0.3) is 0 Å². The molecule has 0 saturated heterocycles. The lowest BCUT2D eigenvalue weighted by Crippen LogP contribution is -2.15. The Balaban J connectivity index is 2.39. The first-order valence-electron chi connectivity index (χ1n) is 4.71. The molecule has 0 N–H and O–H groups in total. The van der Waals surface area contributed by atoms with Crippen LogP contribution < -0.4 is 0 Å². The van der Waals surface area contributed by atoms with Gasteiger partial charge in [0.15, 0.2) is 0 Å². The largest absolute Gasteiger partial charge is 0.309 e. The first kappa shape index (κ1) is 12.5. The second-order valence-electron chi connectivity index (χ2n) is 3.32. The summed E-state index contributed by atoms with van der Waals surface area (Å²) in [5.41, 5.74) is 0. The standard InChI is InChI=1S/C8H15N5S2/c1-12(2)4-3-5-13-8(9-10-11-13)15-7-6-14/h6H,3-5,7H2,1-2H3. The fraction of sp³-hybridized carbons (Fsp3) is 0.750. The zero-order valence-electron chi connectivity index (χ0n) is 8.96. The zero-order valence-corrected chi connectivity index (χ0v) is 10.6. The fourth-order valence-electron chi connectivity index (χ4n) is 1.09. The summed E-state index contributed by atoms with van der Waals surface area (Å²) >= 11 is 6.33. The lowest BCUT2D eigenvalue weighted by Gasteiger charge is -2.08. The maximum Gasteiger partial charge on any atom is 0.209 e. The Morgan fingerprint density at radius 2 is 2.33 bits per heavy atom. The van der Waals surface area contributed by atoms with Gasteiger partial charge in [0.2, 0.25) is 5.16 Å². The van der Waals surface area contributed by atoms with Gasteiger partial charge in [-0.15, -0.1) is 5.10 Å². The number of rotatable bonds is 7. The number of nitrogens with zero attached hydrogens (tertiary/aromatic N) is 5. The Labute approximate surface area is 99.2 Å². The quantitative estimate of drug-likeness (QED) is 0.521. The molecular formula is C8H15N5S2. The molecule has 0 aliphatic heterocycles. The van der Waals surface area contributed by atoms with Crippen molar-refractivity contribution < 1.29 is 0 Å². The molecule has 7 heteroatoms. The lowest BCUT2D eigenvalue weighted by atomic mass is 10.4. The van der Waals surface area contributed by atoms with Crippen LogP contribution in [0.4, 0.5) is 0 Å². The lowest BCUT2D eigenvalue weighted by molar-refractivity contribution is 0.373. The van der Waals surface area contributed by atoms with Crippen LogP contribution >= 0.6 is 24.0 Å². The van der Waals surface area contributed by atoms with E-state index in [2.05, 4.69) is 34.5 Å². The molecule has 15 heavy (non-hydrogen) atoms. The van der Waals surface area contributed by atoms with Crippen molar-refractivity contribution >= 4 is 29.3 Å². The Bertz CT molecular complexity index is 299. The third-order valence-corrected chi connectivity index (χ3v) is 3.02. The smallest absolute Gasteiger partial charge is 0.209 e. The molecule has 0 unspecified atom stereocenters. The minimum atomic E-state index is 0.767. The van der Waals surface area contributed by atoms with Gasteiger partial charge in [-0.1, -0.05) is 24.0 Å². The second-order valence-corrected chi connectivity index (χ2v) is 4.64. The van der Waals surface area contributed by atoms with Gasteiger partial charge in [-0.3, -0.25) is 0 Å². The maximum absolute atomic E-state index is 4.76. The molecule has 1 heterocycles. The van der Waals surface area contributed by atoms with E-state index in [-0.39, 0.29) is 0 Å². The number of hydrogen-bond acceptors (Lipinski definition) is 6. The van der Waals surface area contributed by atoms with Crippen molar-refractivity contribution in [2.75, 3.05) is 26.4 Å². The summed E-state index contributed by atoms with van der Waals surface area (Å²) in [4.78, 5) is 2.15. The summed E-state index contributed by atoms with van der Waals surface area (Å²) in [5, 5.41) is 14.1. The minimum absolute atomic E-state index is 0.767. The first-order valence-corrected chi connectivity index (χ1v) is 6.17. The van der Waals surface area contributed by atoms with Crippen LogP contribution in [0.2, 0.25) is 0 Å². The second kappa shape index (κ2) is 6.86. The van der Waals surface area contributed by atoms with Gasteiger partial charge in [-0.05, 0) is 42.9 Å². The van der Waals surface area contributed by atoms with E-state index in [9.17, 15) is 0 Å². The highest BCUT2D eigenvalue weighted by atomic mass is 32.2. The van der Waals surface area contributed by atoms with Crippen LogP contribution in [0.25, 0.3) is 0 Å². The number of thioether (sulfide) groups is 1. The topological polar surface area (TPSA) is 46.8 Å². The number of aryl methyl sites for hydroxylation is 1. The Morgan fingerprint density at radius 1 is 1.53 bits per heavy atom. The van der Waals surface area contributed by atoms with Crippen LogP contribution in [-0.4, -0.2) is 56.9 Å². The summed E-state index contributed by atoms with van der Waals surface area (Å²) in [6.45, 7) is 1.89. The van der Waals surface area contributed by atoms with E-state index >= 15 is 0 Å². The molecule has 0 amide bonds. The molecule has 1 rings (SSSR count). The fourth-order valence-corrected chi connectivity index (χ4v) is 1.88. The van der Waals surface area contributed by atoms with E-state index in [1.165, 1.54) is 0 Å². The summed E-state index contributed by atoms with van der Waals surface area (Å²) < 4.78 is 1.83. The molecule has 0 fully saturated rings. The van der Waals surface area contributed by atoms with Crippen molar-refractivity contribution in [1.82, 2.24) is 25.1 Å². The predicted octanol–water partition coefficient (Wildman–Crippen LogP) is 0.717. The van der Waals surface area contributed by atoms with E-state index in [0.29, 0.717) is 0 Å². The van der Waals surface area contributed by atoms with Gasteiger partial charge in [0.05, 0.1) is 0 Å².